The Balaban J connectivity index is 2.38. The van der Waals surface area contributed by atoms with Gasteiger partial charge in [-0.25, -0.2) is 4.68 Å². The van der Waals surface area contributed by atoms with E-state index in [1.165, 1.54) is 23.0 Å². The fourth-order valence-electron chi connectivity index (χ4n) is 1.80. The maximum Gasteiger partial charge on any atom is 0.248 e. The Bertz CT molecular complexity index is 820. The molecule has 1 heterocycles. The SMILES string of the molecule is CN(C)C=CC(=O)c1nn(-c2ccc(C(N)=O)cc2)ccc1=O. The number of benzene rings is 1. The molecule has 23 heavy (non-hydrogen) atoms. The number of hydrogen-bond donors (Lipinski definition) is 1. The van der Waals surface area contributed by atoms with Gasteiger partial charge in [-0.1, -0.05) is 0 Å². The van der Waals surface area contributed by atoms with E-state index in [0.29, 0.717) is 11.3 Å². The number of nitrogens with two attached hydrogens (primary N) is 1. The van der Waals surface area contributed by atoms with E-state index >= 15 is 0 Å². The zero-order chi connectivity index (χ0) is 17.0. The van der Waals surface area contributed by atoms with Crippen molar-refractivity contribution in [3.63, 3.8) is 0 Å². The molecule has 1 aromatic carbocycles. The predicted octanol–water partition coefficient (Wildman–Crippen LogP) is 0.589. The summed E-state index contributed by atoms with van der Waals surface area (Å²) in [6.07, 6.45) is 4.28. The van der Waals surface area contributed by atoms with Crippen LogP contribution in [0.2, 0.25) is 0 Å². The lowest BCUT2D eigenvalue weighted by Gasteiger charge is -2.07. The topological polar surface area (TPSA) is 98.3 Å². The molecule has 118 valence electrons. The minimum absolute atomic E-state index is 0.176. The number of carbonyl (C=O) groups is 2. The van der Waals surface area contributed by atoms with Crippen LogP contribution < -0.4 is 11.2 Å². The first-order valence-electron chi connectivity index (χ1n) is 6.77. The summed E-state index contributed by atoms with van der Waals surface area (Å²) >= 11 is 0. The molecule has 0 aliphatic rings. The lowest BCUT2D eigenvalue weighted by Crippen LogP contribution is -2.20. The van der Waals surface area contributed by atoms with Crippen molar-refractivity contribution < 1.29 is 9.59 Å². The Morgan fingerprint density at radius 2 is 1.83 bits per heavy atom. The second-order valence-electron chi connectivity index (χ2n) is 5.03. The summed E-state index contributed by atoms with van der Waals surface area (Å²) < 4.78 is 1.39. The average Bonchev–Trinajstić information content (AvgIpc) is 2.53. The summed E-state index contributed by atoms with van der Waals surface area (Å²) in [5.41, 5.74) is 5.51. The van der Waals surface area contributed by atoms with E-state index in [-0.39, 0.29) is 5.69 Å². The van der Waals surface area contributed by atoms with Gasteiger partial charge in [0, 0.05) is 44.2 Å². The third kappa shape index (κ3) is 3.91. The molecule has 0 atom stereocenters. The van der Waals surface area contributed by atoms with Gasteiger partial charge in [0.15, 0.2) is 5.69 Å². The highest BCUT2D eigenvalue weighted by atomic mass is 16.1. The van der Waals surface area contributed by atoms with Crippen molar-refractivity contribution in [1.29, 1.82) is 0 Å². The molecule has 0 saturated heterocycles. The summed E-state index contributed by atoms with van der Waals surface area (Å²) in [6, 6.07) is 7.62. The zero-order valence-electron chi connectivity index (χ0n) is 12.8. The Morgan fingerprint density at radius 3 is 2.39 bits per heavy atom. The lowest BCUT2D eigenvalue weighted by atomic mass is 10.2. The number of nitrogens with zero attached hydrogens (tertiary/aromatic N) is 3. The Kier molecular flexibility index (Phi) is 4.70. The van der Waals surface area contributed by atoms with Gasteiger partial charge in [0.1, 0.15) is 0 Å². The number of aromatic nitrogens is 2. The van der Waals surface area contributed by atoms with E-state index in [0.717, 1.165) is 0 Å². The molecule has 2 rings (SSSR count). The second-order valence-corrected chi connectivity index (χ2v) is 5.03. The molecule has 7 nitrogen and oxygen atoms in total. The molecule has 0 bridgehead atoms. The standard InChI is InChI=1S/C16H16N4O3/c1-19(2)9-7-13(21)15-14(22)8-10-20(18-15)12-5-3-11(4-6-12)16(17)23/h3-10H,1-2H3,(H2,17,23). The number of primary amides is 1. The fraction of sp³-hybridized carbons (Fsp3) is 0.125. The molecule has 1 aromatic heterocycles. The molecule has 0 radical (unpaired) electrons. The number of hydrogen-bond acceptors (Lipinski definition) is 5. The second kappa shape index (κ2) is 6.69. The molecule has 0 aliphatic heterocycles. The zero-order valence-corrected chi connectivity index (χ0v) is 12.8. The molecular formula is C16H16N4O3. The van der Waals surface area contributed by atoms with Crippen molar-refractivity contribution in [1.82, 2.24) is 14.7 Å². The summed E-state index contributed by atoms with van der Waals surface area (Å²) in [6.45, 7) is 0. The quantitative estimate of drug-likeness (QED) is 0.643. The van der Waals surface area contributed by atoms with Gasteiger partial charge < -0.3 is 10.6 Å². The van der Waals surface area contributed by atoms with Crippen LogP contribution in [0.5, 0.6) is 0 Å². The van der Waals surface area contributed by atoms with Crippen molar-refractivity contribution in [2.45, 2.75) is 0 Å². The van der Waals surface area contributed by atoms with Crippen LogP contribution in [0.4, 0.5) is 0 Å². The average molecular weight is 312 g/mol. The van der Waals surface area contributed by atoms with E-state index < -0.39 is 17.1 Å². The van der Waals surface area contributed by atoms with Gasteiger partial charge in [-0.15, -0.1) is 0 Å². The van der Waals surface area contributed by atoms with Crippen LogP contribution in [0.1, 0.15) is 20.8 Å². The minimum atomic E-state index is -0.533. The smallest absolute Gasteiger partial charge is 0.248 e. The molecule has 0 saturated carbocycles. The molecule has 0 unspecified atom stereocenters. The van der Waals surface area contributed by atoms with E-state index in [1.54, 1.807) is 49.5 Å². The predicted molar refractivity (Wildman–Crippen MR) is 85.5 cm³/mol. The molecule has 0 aliphatic carbocycles. The number of rotatable bonds is 5. The van der Waals surface area contributed by atoms with Crippen LogP contribution >= 0.6 is 0 Å². The van der Waals surface area contributed by atoms with Gasteiger partial charge in [0.25, 0.3) is 0 Å². The molecule has 7 heteroatoms. The van der Waals surface area contributed by atoms with Crippen LogP contribution in [0.15, 0.2) is 53.6 Å². The van der Waals surface area contributed by atoms with Crippen molar-refractivity contribution in [3.8, 4) is 5.69 Å². The number of carbonyl (C=O) groups excluding carboxylic acids is 2. The maximum absolute atomic E-state index is 12.0. The lowest BCUT2D eigenvalue weighted by molar-refractivity contribution is 0.0998. The highest BCUT2D eigenvalue weighted by Crippen LogP contribution is 2.08. The molecule has 2 N–H and O–H groups in total. The first kappa shape index (κ1) is 16.2. The summed E-state index contributed by atoms with van der Waals surface area (Å²) in [4.78, 5) is 36.6. The van der Waals surface area contributed by atoms with Gasteiger partial charge in [-0.3, -0.25) is 14.4 Å². The third-order valence-electron chi connectivity index (χ3n) is 2.98. The molecular weight excluding hydrogens is 296 g/mol. The van der Waals surface area contributed by atoms with Crippen molar-refractivity contribution >= 4 is 11.7 Å². The molecule has 1 amide bonds. The van der Waals surface area contributed by atoms with Crippen molar-refractivity contribution in [2.24, 2.45) is 5.73 Å². The number of allylic oxidation sites excluding steroid dienone is 1. The summed E-state index contributed by atoms with van der Waals surface area (Å²) in [5.74, 6) is -1.01. The molecule has 0 spiro atoms. The van der Waals surface area contributed by atoms with Gasteiger partial charge in [0.05, 0.1) is 5.69 Å². The number of ketones is 1. The highest BCUT2D eigenvalue weighted by Gasteiger charge is 2.11. The van der Waals surface area contributed by atoms with Crippen LogP contribution in [-0.2, 0) is 0 Å². The Labute approximate surface area is 132 Å². The van der Waals surface area contributed by atoms with E-state index in [2.05, 4.69) is 5.10 Å². The van der Waals surface area contributed by atoms with Crippen LogP contribution in [0.25, 0.3) is 5.69 Å². The summed E-state index contributed by atoms with van der Waals surface area (Å²) in [5, 5.41) is 4.06. The van der Waals surface area contributed by atoms with Gasteiger partial charge in [0.2, 0.25) is 17.1 Å². The molecule has 0 fully saturated rings. The monoisotopic (exact) mass is 312 g/mol. The normalized spacial score (nSPS) is 10.7. The fourth-order valence-corrected chi connectivity index (χ4v) is 1.80. The van der Waals surface area contributed by atoms with Crippen LogP contribution in [-0.4, -0.2) is 40.5 Å². The first-order chi connectivity index (χ1) is 10.9. The van der Waals surface area contributed by atoms with Crippen molar-refractivity contribution in [2.75, 3.05) is 14.1 Å². The highest BCUT2D eigenvalue weighted by molar-refractivity contribution is 6.02. The molecule has 2 aromatic rings. The Hall–Kier alpha value is -3.22. The van der Waals surface area contributed by atoms with E-state index in [4.69, 9.17) is 5.73 Å². The largest absolute Gasteiger partial charge is 0.383 e. The summed E-state index contributed by atoms with van der Waals surface area (Å²) in [7, 11) is 3.53. The third-order valence-corrected chi connectivity index (χ3v) is 2.98. The van der Waals surface area contributed by atoms with Crippen LogP contribution in [0.3, 0.4) is 0 Å². The van der Waals surface area contributed by atoms with Crippen molar-refractivity contribution in [3.05, 3.63) is 70.3 Å². The van der Waals surface area contributed by atoms with E-state index in [9.17, 15) is 14.4 Å². The first-order valence-corrected chi connectivity index (χ1v) is 6.77. The van der Waals surface area contributed by atoms with Gasteiger partial charge in [-0.2, -0.15) is 5.10 Å². The van der Waals surface area contributed by atoms with Gasteiger partial charge >= 0.3 is 0 Å². The number of amides is 1. The minimum Gasteiger partial charge on any atom is -0.383 e. The van der Waals surface area contributed by atoms with E-state index in [1.807, 2.05) is 0 Å². The Morgan fingerprint density at radius 1 is 1.17 bits per heavy atom. The maximum atomic E-state index is 12.0. The van der Waals surface area contributed by atoms with Crippen LogP contribution in [0, 0.1) is 0 Å². The van der Waals surface area contributed by atoms with Gasteiger partial charge in [-0.05, 0) is 24.3 Å².